The van der Waals surface area contributed by atoms with E-state index in [2.05, 4.69) is 44.2 Å². The van der Waals surface area contributed by atoms with Crippen molar-refractivity contribution in [2.24, 2.45) is 20.0 Å². The van der Waals surface area contributed by atoms with Crippen LogP contribution in [0.25, 0.3) is 0 Å². The monoisotopic (exact) mass is 238 g/mol. The van der Waals surface area contributed by atoms with Crippen molar-refractivity contribution >= 4 is 24.9 Å². The summed E-state index contributed by atoms with van der Waals surface area (Å²) in [6.45, 7) is 1.48. The van der Waals surface area contributed by atoms with E-state index in [1.165, 1.54) is 11.1 Å². The summed E-state index contributed by atoms with van der Waals surface area (Å²) in [6, 6.07) is 8.80. The Balaban J connectivity index is 1.76. The highest BCUT2D eigenvalue weighted by molar-refractivity contribution is 6.16. The lowest BCUT2D eigenvalue weighted by Crippen LogP contribution is -2.07. The Morgan fingerprint density at radius 3 is 1.44 bits per heavy atom. The van der Waals surface area contributed by atoms with Crippen molar-refractivity contribution in [3.63, 3.8) is 0 Å². The van der Waals surface area contributed by atoms with Gasteiger partial charge in [-0.15, -0.1) is 0 Å². The van der Waals surface area contributed by atoms with Crippen LogP contribution in [-0.2, 0) is 0 Å². The summed E-state index contributed by atoms with van der Waals surface area (Å²) in [5.74, 6) is 0. The van der Waals surface area contributed by atoms with Gasteiger partial charge in [0, 0.05) is 24.9 Å². The van der Waals surface area contributed by atoms with Crippen LogP contribution in [0.1, 0.15) is 23.2 Å². The van der Waals surface area contributed by atoms with Gasteiger partial charge in [-0.05, 0) is 11.1 Å². The molecule has 18 heavy (non-hydrogen) atoms. The summed E-state index contributed by atoms with van der Waals surface area (Å²) in [5, 5.41) is 0. The molecule has 2 aliphatic heterocycles. The second-order valence-electron chi connectivity index (χ2n) is 4.32. The Bertz CT molecular complexity index is 476. The fraction of sp³-hybridized carbons (Fsp3) is 0.286. The molecule has 4 nitrogen and oxygen atoms in total. The fourth-order valence-electron chi connectivity index (χ4n) is 2.12. The van der Waals surface area contributed by atoms with E-state index in [0.717, 1.165) is 13.1 Å². The molecule has 0 fully saturated rings. The van der Waals surface area contributed by atoms with Gasteiger partial charge in [-0.1, -0.05) is 24.3 Å². The quantitative estimate of drug-likeness (QED) is 0.757. The van der Waals surface area contributed by atoms with Crippen LogP contribution in [0.15, 0.2) is 44.2 Å². The van der Waals surface area contributed by atoms with E-state index in [4.69, 9.17) is 0 Å². The number of hydrogen-bond acceptors (Lipinski definition) is 4. The van der Waals surface area contributed by atoms with Crippen LogP contribution in [0.3, 0.4) is 0 Å². The van der Waals surface area contributed by atoms with Gasteiger partial charge in [-0.25, -0.2) is 0 Å². The standard InChI is InChI=1S/C14H14N4/c1-2-12(14-10-16-6-8-18-14)4-3-11(1)13-9-15-5-7-17-13/h1-8,13-14H,9-10H2/t13-,14+. The van der Waals surface area contributed by atoms with Gasteiger partial charge in [0.2, 0.25) is 0 Å². The van der Waals surface area contributed by atoms with Gasteiger partial charge in [0.15, 0.2) is 0 Å². The van der Waals surface area contributed by atoms with Crippen molar-refractivity contribution in [1.82, 2.24) is 0 Å². The Hall–Kier alpha value is -2.10. The van der Waals surface area contributed by atoms with E-state index in [1.807, 2.05) is 0 Å². The second kappa shape index (κ2) is 5.04. The maximum Gasteiger partial charge on any atom is 0.0944 e. The van der Waals surface area contributed by atoms with Crippen LogP contribution in [0.4, 0.5) is 0 Å². The van der Waals surface area contributed by atoms with Gasteiger partial charge in [-0.2, -0.15) is 0 Å². The van der Waals surface area contributed by atoms with Crippen molar-refractivity contribution in [3.05, 3.63) is 35.4 Å². The maximum absolute atomic E-state index is 4.41. The zero-order valence-corrected chi connectivity index (χ0v) is 9.98. The zero-order valence-electron chi connectivity index (χ0n) is 9.98. The molecule has 2 heterocycles. The highest BCUT2D eigenvalue weighted by Crippen LogP contribution is 2.23. The molecule has 1 aromatic rings. The number of benzene rings is 1. The number of nitrogens with zero attached hydrogens (tertiary/aromatic N) is 4. The lowest BCUT2D eigenvalue weighted by Gasteiger charge is -2.15. The third-order valence-electron chi connectivity index (χ3n) is 3.14. The molecular weight excluding hydrogens is 224 g/mol. The van der Waals surface area contributed by atoms with E-state index in [-0.39, 0.29) is 12.1 Å². The predicted octanol–water partition coefficient (Wildman–Crippen LogP) is 2.08. The highest BCUT2D eigenvalue weighted by atomic mass is 14.9. The molecule has 0 aliphatic carbocycles. The Morgan fingerprint density at radius 1 is 0.667 bits per heavy atom. The average Bonchev–Trinajstić information content (AvgIpc) is 2.49. The van der Waals surface area contributed by atoms with Gasteiger partial charge in [-0.3, -0.25) is 20.0 Å². The summed E-state index contributed by atoms with van der Waals surface area (Å²) in [6.07, 6.45) is 7.03. The Labute approximate surface area is 106 Å². The molecule has 0 saturated carbocycles. The first kappa shape index (κ1) is 11.0. The number of rotatable bonds is 2. The van der Waals surface area contributed by atoms with E-state index in [1.54, 1.807) is 24.9 Å². The topological polar surface area (TPSA) is 49.4 Å². The van der Waals surface area contributed by atoms with E-state index in [9.17, 15) is 0 Å². The molecule has 0 N–H and O–H groups in total. The summed E-state index contributed by atoms with van der Waals surface area (Å²) < 4.78 is 0. The van der Waals surface area contributed by atoms with Gasteiger partial charge >= 0.3 is 0 Å². The molecule has 90 valence electrons. The first-order valence-electron chi connectivity index (χ1n) is 6.06. The molecule has 0 saturated heterocycles. The van der Waals surface area contributed by atoms with Crippen molar-refractivity contribution < 1.29 is 0 Å². The molecule has 0 aromatic heterocycles. The molecule has 2 atom stereocenters. The lowest BCUT2D eigenvalue weighted by atomic mass is 10.0. The molecule has 0 bridgehead atoms. The van der Waals surface area contributed by atoms with Crippen molar-refractivity contribution in [1.29, 1.82) is 0 Å². The number of aliphatic imine (C=N–C) groups is 4. The van der Waals surface area contributed by atoms with Gasteiger partial charge in [0.05, 0.1) is 25.2 Å². The SMILES string of the molecule is C1=NC[C@@H](c2ccc([C@H]3CN=CC=N3)cc2)N=C1. The minimum Gasteiger partial charge on any atom is -0.289 e. The highest BCUT2D eigenvalue weighted by Gasteiger charge is 2.13. The molecule has 0 amide bonds. The van der Waals surface area contributed by atoms with Crippen LogP contribution < -0.4 is 0 Å². The normalized spacial score (nSPS) is 25.6. The van der Waals surface area contributed by atoms with E-state index < -0.39 is 0 Å². The smallest absolute Gasteiger partial charge is 0.0944 e. The molecule has 2 aliphatic rings. The molecule has 3 rings (SSSR count). The molecule has 0 spiro atoms. The number of hydrogen-bond donors (Lipinski definition) is 0. The second-order valence-corrected chi connectivity index (χ2v) is 4.32. The first-order valence-corrected chi connectivity index (χ1v) is 6.06. The summed E-state index contributed by atoms with van der Waals surface area (Å²) >= 11 is 0. The summed E-state index contributed by atoms with van der Waals surface area (Å²) in [5.41, 5.74) is 2.41. The zero-order chi connectivity index (χ0) is 12.2. The first-order chi connectivity index (χ1) is 8.93. The largest absolute Gasteiger partial charge is 0.289 e. The average molecular weight is 238 g/mol. The molecule has 0 unspecified atom stereocenters. The van der Waals surface area contributed by atoms with Crippen molar-refractivity contribution in [2.75, 3.05) is 13.1 Å². The van der Waals surface area contributed by atoms with Crippen LogP contribution in [-0.4, -0.2) is 37.9 Å². The Morgan fingerprint density at radius 2 is 1.11 bits per heavy atom. The van der Waals surface area contributed by atoms with Crippen LogP contribution in [0.2, 0.25) is 0 Å². The fourth-order valence-corrected chi connectivity index (χ4v) is 2.12. The molecule has 1 aromatic carbocycles. The molecule has 0 radical (unpaired) electrons. The Kier molecular flexibility index (Phi) is 3.08. The molecular formula is C14H14N4. The third-order valence-corrected chi connectivity index (χ3v) is 3.14. The molecule has 4 heteroatoms. The summed E-state index contributed by atoms with van der Waals surface area (Å²) in [7, 11) is 0. The minimum atomic E-state index is 0.164. The predicted molar refractivity (Wildman–Crippen MR) is 75.6 cm³/mol. The van der Waals surface area contributed by atoms with Crippen LogP contribution >= 0.6 is 0 Å². The minimum absolute atomic E-state index is 0.164. The van der Waals surface area contributed by atoms with Gasteiger partial charge < -0.3 is 0 Å². The lowest BCUT2D eigenvalue weighted by molar-refractivity contribution is 0.727. The van der Waals surface area contributed by atoms with Gasteiger partial charge in [0.1, 0.15) is 0 Å². The van der Waals surface area contributed by atoms with Crippen molar-refractivity contribution in [3.8, 4) is 0 Å². The van der Waals surface area contributed by atoms with E-state index >= 15 is 0 Å². The van der Waals surface area contributed by atoms with Crippen LogP contribution in [0.5, 0.6) is 0 Å². The third kappa shape index (κ3) is 2.27. The van der Waals surface area contributed by atoms with E-state index in [0.29, 0.717) is 0 Å². The summed E-state index contributed by atoms with van der Waals surface area (Å²) in [4.78, 5) is 17.3. The van der Waals surface area contributed by atoms with Gasteiger partial charge in [0.25, 0.3) is 0 Å². The van der Waals surface area contributed by atoms with Crippen molar-refractivity contribution in [2.45, 2.75) is 12.1 Å². The van der Waals surface area contributed by atoms with Crippen LogP contribution in [0, 0.1) is 0 Å². The maximum atomic E-state index is 4.41.